The Hall–Kier alpha value is -3.64. The highest BCUT2D eigenvalue weighted by molar-refractivity contribution is 6.38. The quantitative estimate of drug-likeness (QED) is 0.142. The van der Waals surface area contributed by atoms with Gasteiger partial charge in [0, 0.05) is 19.6 Å². The number of ether oxygens (including phenoxy) is 1. The number of hydrogen-bond acceptors (Lipinski definition) is 7. The average molecular weight is 649 g/mol. The number of nitrogens with one attached hydrogen (secondary N) is 5. The molecule has 1 saturated heterocycles. The van der Waals surface area contributed by atoms with Crippen LogP contribution in [0.1, 0.15) is 82.1 Å². The largest absolute Gasteiger partial charge is 0.447 e. The highest BCUT2D eigenvalue weighted by Crippen LogP contribution is 2.65. The Bertz CT molecular complexity index is 1170. The molecule has 0 radical (unpaired) electrons. The summed E-state index contributed by atoms with van der Waals surface area (Å²) < 4.78 is 5.28. The molecule has 6 atom stereocenters. The molecule has 1 unspecified atom stereocenters. The Kier molecular flexibility index (Phi) is 12.8. The standard InChI is InChI=1S/C33H56N6O7/c1-12-15-20(24(40)27(42)35-16-13-2)36-26(41)23-22-19(33(22,10)11)17-39(23)28(43)25(32(7,8)9)38-29(44)37-21(31(4,5)6)18-46-30(45)34-14-3/h13,19-23,25H,2,12,14-18H2,1,3-11H3,(H,34,45)(H,35,42)(H,36,41)(H2,37,38,44)/t19-,20?,21+,22-,23-,25+/m0/s1. The van der Waals surface area contributed by atoms with Gasteiger partial charge in [-0.1, -0.05) is 74.8 Å². The molecule has 0 spiro atoms. The summed E-state index contributed by atoms with van der Waals surface area (Å²) in [5.41, 5.74) is -1.42. The number of likely N-dealkylation sites (tertiary alicyclic amines) is 1. The summed E-state index contributed by atoms with van der Waals surface area (Å²) in [5, 5.41) is 13.5. The minimum atomic E-state index is -1.04. The van der Waals surface area contributed by atoms with Gasteiger partial charge in [0.15, 0.2) is 0 Å². The Morgan fingerprint density at radius 3 is 2.11 bits per heavy atom. The SMILES string of the molecule is C=CCNC(=O)C(=O)C(CCC)NC(=O)[C@@H]1[C@@H]2[C@H](CN1C(=O)[C@@H](NC(=O)N[C@H](COC(=O)NCC)C(C)(C)C)C(C)(C)C)C2(C)C. The number of carbonyl (C=O) groups is 6. The topological polar surface area (TPSA) is 175 Å². The van der Waals surface area contributed by atoms with E-state index in [4.69, 9.17) is 4.74 Å². The second-order valence-corrected chi connectivity index (χ2v) is 15.1. The van der Waals surface area contributed by atoms with E-state index in [0.29, 0.717) is 19.5 Å². The van der Waals surface area contributed by atoms with Gasteiger partial charge in [0.05, 0.1) is 12.1 Å². The van der Waals surface area contributed by atoms with Crippen LogP contribution in [-0.2, 0) is 23.9 Å². The van der Waals surface area contributed by atoms with E-state index in [0.717, 1.165) is 0 Å². The number of rotatable bonds is 14. The number of nitrogens with zero attached hydrogens (tertiary/aromatic N) is 1. The molecule has 2 rings (SSSR count). The third kappa shape index (κ3) is 9.45. The van der Waals surface area contributed by atoms with E-state index in [1.54, 1.807) is 6.92 Å². The first-order chi connectivity index (χ1) is 21.2. The Morgan fingerprint density at radius 2 is 1.59 bits per heavy atom. The van der Waals surface area contributed by atoms with Crippen LogP contribution in [0.5, 0.6) is 0 Å². The summed E-state index contributed by atoms with van der Waals surface area (Å²) in [5.74, 6) is -2.56. The number of alkyl carbamates (subject to hydrolysis) is 1. The summed E-state index contributed by atoms with van der Waals surface area (Å²) in [4.78, 5) is 80.2. The van der Waals surface area contributed by atoms with Crippen LogP contribution >= 0.6 is 0 Å². The molecule has 2 aliphatic rings. The molecule has 13 nitrogen and oxygen atoms in total. The first kappa shape index (κ1) is 38.5. The molecule has 0 aromatic carbocycles. The summed E-state index contributed by atoms with van der Waals surface area (Å²) in [7, 11) is 0. The molecule has 0 aromatic heterocycles. The van der Waals surface area contributed by atoms with Crippen molar-refractivity contribution in [2.24, 2.45) is 28.1 Å². The van der Waals surface area contributed by atoms with Crippen LogP contribution in [0.25, 0.3) is 0 Å². The molecule has 6 amide bonds. The Labute approximate surface area is 273 Å². The van der Waals surface area contributed by atoms with Gasteiger partial charge in [-0.25, -0.2) is 9.59 Å². The monoisotopic (exact) mass is 648 g/mol. The zero-order valence-electron chi connectivity index (χ0n) is 29.3. The van der Waals surface area contributed by atoms with Crippen LogP contribution in [0.3, 0.4) is 0 Å². The number of hydrogen-bond donors (Lipinski definition) is 5. The van der Waals surface area contributed by atoms with Crippen molar-refractivity contribution in [1.82, 2.24) is 31.5 Å². The molecule has 1 aliphatic heterocycles. The van der Waals surface area contributed by atoms with E-state index in [1.165, 1.54) is 11.0 Å². The minimum absolute atomic E-state index is 0.0644. The molecule has 0 aromatic rings. The summed E-state index contributed by atoms with van der Waals surface area (Å²) in [6.45, 7) is 23.2. The maximum atomic E-state index is 14.2. The predicted octanol–water partition coefficient (Wildman–Crippen LogP) is 2.50. The molecular formula is C33H56N6O7. The zero-order valence-corrected chi connectivity index (χ0v) is 29.3. The first-order valence-corrected chi connectivity index (χ1v) is 16.2. The number of carbonyl (C=O) groups excluding carboxylic acids is 6. The van der Waals surface area contributed by atoms with Gasteiger partial charge in [-0.05, 0) is 41.4 Å². The lowest BCUT2D eigenvalue weighted by Crippen LogP contribution is -2.62. The number of piperidine rings is 1. The van der Waals surface area contributed by atoms with E-state index >= 15 is 0 Å². The molecular weight excluding hydrogens is 592 g/mol. The van der Waals surface area contributed by atoms with Crippen LogP contribution in [0.4, 0.5) is 9.59 Å². The van der Waals surface area contributed by atoms with Gasteiger partial charge < -0.3 is 36.2 Å². The van der Waals surface area contributed by atoms with Crippen LogP contribution in [0, 0.1) is 28.1 Å². The van der Waals surface area contributed by atoms with E-state index in [9.17, 15) is 28.8 Å². The molecule has 5 N–H and O–H groups in total. The third-order valence-electron chi connectivity index (χ3n) is 9.04. The minimum Gasteiger partial charge on any atom is -0.447 e. The number of ketones is 1. The second-order valence-electron chi connectivity index (χ2n) is 15.1. The lowest BCUT2D eigenvalue weighted by atomic mass is 9.85. The number of urea groups is 1. The van der Waals surface area contributed by atoms with Gasteiger partial charge in [-0.15, -0.1) is 6.58 Å². The van der Waals surface area contributed by atoms with Crippen LogP contribution < -0.4 is 26.6 Å². The number of amides is 6. The third-order valence-corrected chi connectivity index (χ3v) is 9.04. The first-order valence-electron chi connectivity index (χ1n) is 16.2. The van der Waals surface area contributed by atoms with E-state index in [-0.39, 0.29) is 36.8 Å². The molecule has 2 fully saturated rings. The van der Waals surface area contributed by atoms with Crippen molar-refractivity contribution in [3.8, 4) is 0 Å². The molecule has 1 saturated carbocycles. The summed E-state index contributed by atoms with van der Waals surface area (Å²) in [6, 6.07) is -4.11. The van der Waals surface area contributed by atoms with Crippen molar-refractivity contribution in [2.45, 2.75) is 106 Å². The smallest absolute Gasteiger partial charge is 0.407 e. The Morgan fingerprint density at radius 1 is 0.957 bits per heavy atom. The molecule has 260 valence electrons. The van der Waals surface area contributed by atoms with Gasteiger partial charge >= 0.3 is 12.1 Å². The van der Waals surface area contributed by atoms with Crippen LogP contribution in [0.2, 0.25) is 0 Å². The lowest BCUT2D eigenvalue weighted by Gasteiger charge is -2.38. The van der Waals surface area contributed by atoms with E-state index in [1.807, 2.05) is 62.3 Å². The van der Waals surface area contributed by atoms with Gasteiger partial charge in [0.2, 0.25) is 17.6 Å². The van der Waals surface area contributed by atoms with Gasteiger partial charge in [0.25, 0.3) is 5.91 Å². The van der Waals surface area contributed by atoms with Crippen molar-refractivity contribution >= 4 is 35.6 Å². The van der Waals surface area contributed by atoms with Crippen molar-refractivity contribution < 1.29 is 33.5 Å². The Balaban J connectivity index is 2.28. The molecule has 13 heteroatoms. The second kappa shape index (κ2) is 15.3. The van der Waals surface area contributed by atoms with Crippen molar-refractivity contribution in [2.75, 3.05) is 26.2 Å². The van der Waals surface area contributed by atoms with E-state index < -0.39 is 70.6 Å². The van der Waals surface area contributed by atoms with Crippen LogP contribution in [-0.4, -0.2) is 90.9 Å². The van der Waals surface area contributed by atoms with Gasteiger partial charge in [-0.2, -0.15) is 0 Å². The molecule has 46 heavy (non-hydrogen) atoms. The summed E-state index contributed by atoms with van der Waals surface area (Å²) >= 11 is 0. The van der Waals surface area contributed by atoms with Gasteiger partial charge in [-0.3, -0.25) is 19.2 Å². The normalized spacial score (nSPS) is 21.9. The maximum Gasteiger partial charge on any atom is 0.407 e. The number of Topliss-reactive ketones (excluding diaryl/α,β-unsaturated/α-hetero) is 1. The highest BCUT2D eigenvalue weighted by atomic mass is 16.5. The van der Waals surface area contributed by atoms with Gasteiger partial charge in [0.1, 0.15) is 18.7 Å². The molecule has 1 heterocycles. The van der Waals surface area contributed by atoms with E-state index in [2.05, 4.69) is 33.2 Å². The highest BCUT2D eigenvalue weighted by Gasteiger charge is 2.70. The fraction of sp³-hybridized carbons (Fsp3) is 0.758. The van der Waals surface area contributed by atoms with Crippen LogP contribution in [0.15, 0.2) is 12.7 Å². The average Bonchev–Trinajstić information content (AvgIpc) is 3.27. The lowest BCUT2D eigenvalue weighted by molar-refractivity contribution is -0.145. The van der Waals surface area contributed by atoms with Crippen molar-refractivity contribution in [3.63, 3.8) is 0 Å². The fourth-order valence-electron chi connectivity index (χ4n) is 6.05. The fourth-order valence-corrected chi connectivity index (χ4v) is 6.05. The maximum absolute atomic E-state index is 14.2. The zero-order chi connectivity index (χ0) is 35.2. The molecule has 0 bridgehead atoms. The van der Waals surface area contributed by atoms with Crippen molar-refractivity contribution in [3.05, 3.63) is 12.7 Å². The molecule has 1 aliphatic carbocycles. The summed E-state index contributed by atoms with van der Waals surface area (Å²) in [6.07, 6.45) is 1.67. The van der Waals surface area contributed by atoms with Crippen molar-refractivity contribution in [1.29, 1.82) is 0 Å². The predicted molar refractivity (Wildman–Crippen MR) is 174 cm³/mol. The number of fused-ring (bicyclic) bond motifs is 1.